The number of aryl methyl sites for hydroxylation is 1. The fraction of sp³-hybridized carbons (Fsp3) is 0.0909. The van der Waals surface area contributed by atoms with Crippen molar-refractivity contribution < 1.29 is 64.5 Å². The molecule has 3 rings (SSSR count). The van der Waals surface area contributed by atoms with E-state index in [9.17, 15) is 28.0 Å². The number of nitrogens with zero attached hydrogens (tertiary/aromatic N) is 4. The summed E-state index contributed by atoms with van der Waals surface area (Å²) in [4.78, 5) is 15.4. The Hall–Kier alpha value is -3.43. The maximum absolute atomic E-state index is 11.6. The second-order valence-corrected chi connectivity index (χ2v) is 9.08. The first-order chi connectivity index (χ1) is 17.1. The number of carboxylic acids is 1. The Morgan fingerprint density at radius 3 is 2.34 bits per heavy atom. The molecule has 0 bridgehead atoms. The van der Waals surface area contributed by atoms with Crippen LogP contribution in [0.3, 0.4) is 0 Å². The van der Waals surface area contributed by atoms with Crippen LogP contribution in [0.25, 0.3) is 0 Å². The number of aromatic carboxylic acids is 1. The molecule has 3 aromatic rings. The van der Waals surface area contributed by atoms with E-state index in [0.29, 0.717) is 22.5 Å². The Morgan fingerprint density at radius 2 is 1.74 bits per heavy atom. The molecule has 0 unspecified atom stereocenters. The molecule has 16 heteroatoms. The van der Waals surface area contributed by atoms with Crippen LogP contribution < -0.4 is 0 Å². The third-order valence-corrected chi connectivity index (χ3v) is 5.86. The molecule has 4 N–H and O–H groups in total. The van der Waals surface area contributed by atoms with Gasteiger partial charge in [0.25, 0.3) is 10.1 Å². The van der Waals surface area contributed by atoms with Crippen molar-refractivity contribution in [3.8, 4) is 5.75 Å². The van der Waals surface area contributed by atoms with E-state index >= 15 is 0 Å². The first kappa shape index (κ1) is 32.6. The normalized spacial score (nSPS) is 10.7. The van der Waals surface area contributed by atoms with Crippen LogP contribution in [0, 0.1) is 6.92 Å². The Labute approximate surface area is 231 Å². The number of hydrogen-bond acceptors (Lipinski definition) is 10. The van der Waals surface area contributed by atoms with Crippen molar-refractivity contribution in [2.24, 2.45) is 15.3 Å². The third kappa shape index (κ3) is 8.56. The predicted molar refractivity (Wildman–Crippen MR) is 131 cm³/mol. The Morgan fingerprint density at radius 1 is 1.05 bits per heavy atom. The summed E-state index contributed by atoms with van der Waals surface area (Å²) in [5.41, 5.74) is -0.0312. The Kier molecular flexibility index (Phi) is 12.4. The van der Waals surface area contributed by atoms with Gasteiger partial charge in [-0.15, -0.1) is 4.33 Å². The number of rotatable bonds is 8. The van der Waals surface area contributed by atoms with E-state index in [4.69, 9.17) is 5.26 Å². The summed E-state index contributed by atoms with van der Waals surface area (Å²) in [6.45, 7) is 1.41. The van der Waals surface area contributed by atoms with E-state index < -0.39 is 21.0 Å². The van der Waals surface area contributed by atoms with Crippen molar-refractivity contribution in [3.05, 3.63) is 77.4 Å². The van der Waals surface area contributed by atoms with Crippen molar-refractivity contribution in [3.63, 3.8) is 0 Å². The van der Waals surface area contributed by atoms with Crippen LogP contribution in [0.2, 0.25) is 0 Å². The van der Waals surface area contributed by atoms with Crippen molar-refractivity contribution >= 4 is 45.3 Å². The average Bonchev–Trinajstić information content (AvgIpc) is 2.84. The maximum atomic E-state index is 11.6. The molecule has 0 spiro atoms. The number of benzene rings is 3. The molecule has 0 aliphatic carbocycles. The number of phenolic OH excluding ortho intramolecular Hbond substituents is 1. The molecule has 0 amide bonds. The molecule has 3 aromatic carbocycles. The minimum atomic E-state index is -4.58. The van der Waals surface area contributed by atoms with Crippen molar-refractivity contribution in [1.82, 2.24) is 0 Å². The van der Waals surface area contributed by atoms with E-state index in [-0.39, 0.29) is 58.6 Å². The van der Waals surface area contributed by atoms with Crippen LogP contribution in [-0.2, 0) is 36.6 Å². The zero-order valence-corrected chi connectivity index (χ0v) is 21.1. The number of aromatic hydroxyl groups is 1. The third-order valence-electron chi connectivity index (χ3n) is 4.45. The minimum Gasteiger partial charge on any atom is -0.505 e. The van der Waals surface area contributed by atoms with Gasteiger partial charge in [0.1, 0.15) is 16.6 Å². The van der Waals surface area contributed by atoms with Gasteiger partial charge in [0, 0.05) is 27.1 Å². The van der Waals surface area contributed by atoms with Gasteiger partial charge in [0.2, 0.25) is 0 Å². The van der Waals surface area contributed by atoms with E-state index in [1.807, 2.05) is 0 Å². The smallest absolute Gasteiger partial charge is 0.477 e. The minimum absolute atomic E-state index is 0. The first-order valence-electron chi connectivity index (χ1n) is 9.69. The zero-order chi connectivity index (χ0) is 26.3. The molecule has 0 aromatic heterocycles. The molecule has 0 atom stereocenters. The van der Waals surface area contributed by atoms with Crippen molar-refractivity contribution in [2.45, 2.75) is 24.1 Å². The molecule has 0 aliphatic heterocycles. The topological polar surface area (TPSA) is 202 Å². The molecule has 0 saturated heterocycles. The van der Waals surface area contributed by atoms with Crippen LogP contribution in [0.1, 0.15) is 28.9 Å². The molecule has 0 fully saturated rings. The molecule has 0 aliphatic rings. The fourth-order valence-corrected chi connectivity index (χ4v) is 3.74. The van der Waals surface area contributed by atoms with Crippen molar-refractivity contribution in [2.75, 3.05) is 0 Å². The number of carbonyl (C=O) groups is 1. The van der Waals surface area contributed by atoms with Crippen LogP contribution in [0.15, 0.2) is 85.8 Å². The summed E-state index contributed by atoms with van der Waals surface area (Å²) in [6.07, 6.45) is 0. The first-order valence-corrected chi connectivity index (χ1v) is 11.9. The summed E-state index contributed by atoms with van der Waals surface area (Å²) < 4.78 is 36.7. The molecular formula is C22H21CuN4O9S2+. The number of carboxylic acid groups (broad SMARTS) is 1. The van der Waals surface area contributed by atoms with E-state index in [1.54, 1.807) is 30.3 Å². The van der Waals surface area contributed by atoms with E-state index in [1.165, 1.54) is 25.1 Å². The Balaban J connectivity index is 0.00000361. The molecule has 0 saturated carbocycles. The molecule has 1 radical (unpaired) electrons. The van der Waals surface area contributed by atoms with Crippen LogP contribution >= 0.6 is 12.0 Å². The van der Waals surface area contributed by atoms with Gasteiger partial charge in [-0.25, -0.2) is 10.1 Å². The monoisotopic (exact) mass is 612 g/mol. The van der Waals surface area contributed by atoms with E-state index in [0.717, 1.165) is 12.1 Å². The molecule has 38 heavy (non-hydrogen) atoms. The van der Waals surface area contributed by atoms with Crippen molar-refractivity contribution in [1.29, 1.82) is 0 Å². The molecule has 0 heterocycles. The number of hydrogen-bond donors (Lipinski definition) is 4. The van der Waals surface area contributed by atoms with Gasteiger partial charge in [0.15, 0.2) is 5.69 Å². The SMILES string of the molecule is C.Cc1cc(S(=O)(=O)O)cc(N=[N+]=C(N=Nc2cc(SOOO)ccc2C(=O)O)c2ccccc2)c1O.[Cu]. The number of phenols is 1. The van der Waals surface area contributed by atoms with Gasteiger partial charge in [-0.2, -0.15) is 8.42 Å². The summed E-state index contributed by atoms with van der Waals surface area (Å²) in [5.74, 6) is -1.78. The zero-order valence-electron chi connectivity index (χ0n) is 18.5. The van der Waals surface area contributed by atoms with E-state index in [2.05, 4.69) is 29.5 Å². The van der Waals surface area contributed by atoms with Gasteiger partial charge in [-0.1, -0.05) is 35.5 Å². The summed E-state index contributed by atoms with van der Waals surface area (Å²) in [5, 5.41) is 43.4. The molecular weight excluding hydrogens is 592 g/mol. The predicted octanol–water partition coefficient (Wildman–Crippen LogP) is 5.23. The molecule has 205 valence electrons. The Bertz CT molecular complexity index is 1490. The van der Waals surface area contributed by atoms with Crippen LogP contribution in [0.4, 0.5) is 11.4 Å². The summed E-state index contributed by atoms with van der Waals surface area (Å²) in [7, 11) is -4.58. The maximum Gasteiger partial charge on any atom is 0.477 e. The van der Waals surface area contributed by atoms with Gasteiger partial charge in [0.05, 0.1) is 28.1 Å². The van der Waals surface area contributed by atoms with Gasteiger partial charge >= 0.3 is 11.8 Å². The summed E-state index contributed by atoms with van der Waals surface area (Å²) >= 11 is 0.587. The second-order valence-electron chi connectivity index (χ2n) is 6.88. The standard InChI is InChI=1S/C21H16N4O9S2.CH4.Cu/c1-12-9-15(36(30,31)32)11-18(19(12)26)23-25-20(13-5-3-2-4-6-13)24-22-17-10-14(35-34-33-29)7-8-16(17)21(27)28;;/h2-11H,1H3,(H3,27,28,29,30,31,32);1H4;/p+1. The molecule has 13 nitrogen and oxygen atoms in total. The quantitative estimate of drug-likeness (QED) is 0.0300. The number of azo groups is 1. The van der Waals surface area contributed by atoms with Gasteiger partial charge in [-0.05, 0) is 60.1 Å². The van der Waals surface area contributed by atoms with Gasteiger partial charge in [-0.3, -0.25) is 4.55 Å². The van der Waals surface area contributed by atoms with Gasteiger partial charge < -0.3 is 10.2 Å². The number of amidine groups is 1. The van der Waals surface area contributed by atoms with Crippen LogP contribution in [0.5, 0.6) is 5.75 Å². The fourth-order valence-electron chi connectivity index (χ4n) is 2.76. The summed E-state index contributed by atoms with van der Waals surface area (Å²) in [6, 6.07) is 14.2. The largest absolute Gasteiger partial charge is 0.505 e. The average molecular weight is 613 g/mol. The second kappa shape index (κ2) is 14.5. The van der Waals surface area contributed by atoms with Crippen LogP contribution in [-0.4, -0.2) is 45.0 Å².